The number of H-pyrrole nitrogens is 1. The molecule has 2 aromatic carbocycles. The van der Waals surface area contributed by atoms with E-state index >= 15 is 0 Å². The Bertz CT molecular complexity index is 995. The predicted molar refractivity (Wildman–Crippen MR) is 125 cm³/mol. The molecular weight excluding hydrogens is 396 g/mol. The molecule has 0 amide bonds. The van der Waals surface area contributed by atoms with E-state index < -0.39 is 0 Å². The average molecular weight is 427 g/mol. The summed E-state index contributed by atoms with van der Waals surface area (Å²) in [6, 6.07) is 16.0. The van der Waals surface area contributed by atoms with Gasteiger partial charge in [-0.1, -0.05) is 54.4 Å². The molecule has 0 radical (unpaired) electrons. The van der Waals surface area contributed by atoms with E-state index in [2.05, 4.69) is 31.0 Å². The first kappa shape index (κ1) is 22.4. The van der Waals surface area contributed by atoms with Crippen molar-refractivity contribution >= 4 is 22.4 Å². The van der Waals surface area contributed by atoms with Crippen LogP contribution in [0.3, 0.4) is 0 Å². The summed E-state index contributed by atoms with van der Waals surface area (Å²) >= 11 is 6.30. The van der Waals surface area contributed by atoms with Crippen LogP contribution in [0.15, 0.2) is 59.5 Å². The van der Waals surface area contributed by atoms with E-state index in [0.717, 1.165) is 37.5 Å². The number of aryl methyl sites for hydroxylation is 1. The van der Waals surface area contributed by atoms with Crippen molar-refractivity contribution in [2.45, 2.75) is 58.1 Å². The molecule has 1 atom stereocenters. The lowest BCUT2D eigenvalue weighted by molar-refractivity contribution is 0.122. The molecule has 1 heterocycles. The van der Waals surface area contributed by atoms with Crippen LogP contribution in [0.25, 0.3) is 10.8 Å². The molecule has 1 aromatic heterocycles. The molecule has 3 aromatic rings. The number of aromatic nitrogens is 1. The van der Waals surface area contributed by atoms with Gasteiger partial charge in [0.05, 0.1) is 11.1 Å². The van der Waals surface area contributed by atoms with E-state index in [1.54, 1.807) is 12.3 Å². The quantitative estimate of drug-likeness (QED) is 0.549. The highest BCUT2D eigenvalue weighted by atomic mass is 35.5. The number of hydrogen-bond acceptors (Lipinski definition) is 3. The highest BCUT2D eigenvalue weighted by molar-refractivity contribution is 6.32. The Balaban J connectivity index is 0.000000310. The average Bonchev–Trinajstić information content (AvgIpc) is 2.76. The van der Waals surface area contributed by atoms with Crippen LogP contribution in [0.4, 0.5) is 0 Å². The maximum Gasteiger partial charge on any atom is 0.255 e. The van der Waals surface area contributed by atoms with Crippen LogP contribution in [0.2, 0.25) is 5.02 Å². The zero-order chi connectivity index (χ0) is 21.5. The molecule has 3 N–H and O–H groups in total. The minimum Gasteiger partial charge on any atom is -0.489 e. The molecular formula is C25H31ClN2O2. The number of rotatable bonds is 4. The summed E-state index contributed by atoms with van der Waals surface area (Å²) in [5.41, 5.74) is 7.34. The minimum absolute atomic E-state index is 0.134. The van der Waals surface area contributed by atoms with Crippen molar-refractivity contribution in [3.8, 4) is 5.75 Å². The van der Waals surface area contributed by atoms with Crippen molar-refractivity contribution in [2.24, 2.45) is 11.7 Å². The van der Waals surface area contributed by atoms with Crippen LogP contribution in [-0.2, 0) is 0 Å². The summed E-state index contributed by atoms with van der Waals surface area (Å²) in [4.78, 5) is 14.5. The second-order valence-electron chi connectivity index (χ2n) is 8.06. The SMILES string of the molecule is CCC(N)C1CCC(Oc2cc3cc[nH]c(=O)c3cc2Cl)CC1.Cc1ccccc1. The van der Waals surface area contributed by atoms with Crippen molar-refractivity contribution in [3.63, 3.8) is 0 Å². The van der Waals surface area contributed by atoms with Crippen molar-refractivity contribution < 1.29 is 4.74 Å². The number of hydrogen-bond donors (Lipinski definition) is 2. The number of benzene rings is 2. The molecule has 0 aliphatic heterocycles. The van der Waals surface area contributed by atoms with E-state index in [-0.39, 0.29) is 11.7 Å². The van der Waals surface area contributed by atoms with Crippen molar-refractivity contribution in [1.82, 2.24) is 4.98 Å². The maximum atomic E-state index is 11.8. The summed E-state index contributed by atoms with van der Waals surface area (Å²) in [5, 5.41) is 1.92. The van der Waals surface area contributed by atoms with Gasteiger partial charge in [-0.3, -0.25) is 4.79 Å². The van der Waals surface area contributed by atoms with Crippen LogP contribution in [0.5, 0.6) is 5.75 Å². The Morgan fingerprint density at radius 2 is 1.83 bits per heavy atom. The molecule has 4 rings (SSSR count). The summed E-state index contributed by atoms with van der Waals surface area (Å²) in [5.74, 6) is 1.26. The van der Waals surface area contributed by atoms with E-state index in [0.29, 0.717) is 28.1 Å². The summed E-state index contributed by atoms with van der Waals surface area (Å²) < 4.78 is 6.11. The molecule has 0 bridgehead atoms. The van der Waals surface area contributed by atoms with E-state index in [4.69, 9.17) is 22.1 Å². The minimum atomic E-state index is -0.134. The zero-order valence-corrected chi connectivity index (χ0v) is 18.5. The van der Waals surface area contributed by atoms with Crippen LogP contribution < -0.4 is 16.0 Å². The van der Waals surface area contributed by atoms with Gasteiger partial charge in [0.2, 0.25) is 0 Å². The standard InChI is InChI=1S/C18H23ClN2O2.C7H8/c1-2-16(20)11-3-5-13(6-4-11)23-17-9-12-7-8-21-18(22)14(12)10-15(17)19;1-7-5-3-2-4-6-7/h7-11,13,16H,2-6,20H2,1H3,(H,21,22);2-6H,1H3. The second kappa shape index (κ2) is 10.6. The fourth-order valence-electron chi connectivity index (χ4n) is 3.96. The molecule has 1 unspecified atom stereocenters. The molecule has 5 heteroatoms. The molecule has 1 aliphatic carbocycles. The fraction of sp³-hybridized carbons (Fsp3) is 0.400. The fourth-order valence-corrected chi connectivity index (χ4v) is 4.17. The van der Waals surface area contributed by atoms with Gasteiger partial charge < -0.3 is 15.5 Å². The predicted octanol–water partition coefficient (Wildman–Crippen LogP) is 5.85. The van der Waals surface area contributed by atoms with Crippen LogP contribution in [0, 0.1) is 12.8 Å². The van der Waals surface area contributed by atoms with Gasteiger partial charge >= 0.3 is 0 Å². The zero-order valence-electron chi connectivity index (χ0n) is 17.7. The second-order valence-corrected chi connectivity index (χ2v) is 8.47. The third kappa shape index (κ3) is 5.87. The summed E-state index contributed by atoms with van der Waals surface area (Å²) in [7, 11) is 0. The van der Waals surface area contributed by atoms with Gasteiger partial charge in [-0.15, -0.1) is 0 Å². The molecule has 1 fully saturated rings. The van der Waals surface area contributed by atoms with E-state index in [9.17, 15) is 4.79 Å². The Morgan fingerprint density at radius 1 is 1.13 bits per heavy atom. The monoisotopic (exact) mass is 426 g/mol. The van der Waals surface area contributed by atoms with Crippen molar-refractivity contribution in [3.05, 3.63) is 75.7 Å². The Kier molecular flexibility index (Phi) is 7.94. The van der Waals surface area contributed by atoms with E-state index in [1.807, 2.05) is 30.3 Å². The third-order valence-corrected chi connectivity index (χ3v) is 6.15. The maximum absolute atomic E-state index is 11.8. The Labute approximate surface area is 183 Å². The van der Waals surface area contributed by atoms with Gasteiger partial charge in [-0.05, 0) is 68.5 Å². The van der Waals surface area contributed by atoms with E-state index in [1.165, 1.54) is 5.56 Å². The largest absolute Gasteiger partial charge is 0.489 e. The molecule has 30 heavy (non-hydrogen) atoms. The van der Waals surface area contributed by atoms with Gasteiger partial charge in [-0.25, -0.2) is 0 Å². The molecule has 0 saturated heterocycles. The summed E-state index contributed by atoms with van der Waals surface area (Å²) in [6.45, 7) is 4.23. The van der Waals surface area contributed by atoms with Crippen molar-refractivity contribution in [1.29, 1.82) is 0 Å². The lowest BCUT2D eigenvalue weighted by atomic mass is 9.82. The van der Waals surface area contributed by atoms with Crippen LogP contribution >= 0.6 is 11.6 Å². The molecule has 4 nitrogen and oxygen atoms in total. The van der Waals surface area contributed by atoms with Gasteiger partial charge in [0.25, 0.3) is 5.56 Å². The number of ether oxygens (including phenoxy) is 1. The lowest BCUT2D eigenvalue weighted by Crippen LogP contribution is -2.35. The third-order valence-electron chi connectivity index (χ3n) is 5.86. The van der Waals surface area contributed by atoms with Crippen LogP contribution in [0.1, 0.15) is 44.6 Å². The molecule has 0 spiro atoms. The van der Waals surface area contributed by atoms with Gasteiger partial charge in [-0.2, -0.15) is 0 Å². The highest BCUT2D eigenvalue weighted by Gasteiger charge is 2.26. The van der Waals surface area contributed by atoms with Crippen molar-refractivity contribution in [2.75, 3.05) is 0 Å². The first-order valence-electron chi connectivity index (χ1n) is 10.7. The number of pyridine rings is 1. The number of halogens is 1. The highest BCUT2D eigenvalue weighted by Crippen LogP contribution is 2.34. The molecule has 1 saturated carbocycles. The Morgan fingerprint density at radius 3 is 2.43 bits per heavy atom. The number of fused-ring (bicyclic) bond motifs is 1. The normalized spacial score (nSPS) is 19.6. The Hall–Kier alpha value is -2.30. The molecule has 1 aliphatic rings. The van der Waals surface area contributed by atoms with Crippen LogP contribution in [-0.4, -0.2) is 17.1 Å². The number of nitrogens with one attached hydrogen (secondary N) is 1. The smallest absolute Gasteiger partial charge is 0.255 e. The lowest BCUT2D eigenvalue weighted by Gasteiger charge is -2.32. The topological polar surface area (TPSA) is 68.1 Å². The first-order valence-corrected chi connectivity index (χ1v) is 11.1. The van der Waals surface area contributed by atoms with Gasteiger partial charge in [0, 0.05) is 17.6 Å². The number of aromatic amines is 1. The molecule has 160 valence electrons. The number of nitrogens with two attached hydrogens (primary N) is 1. The van der Waals surface area contributed by atoms with Gasteiger partial charge in [0.15, 0.2) is 0 Å². The van der Waals surface area contributed by atoms with Gasteiger partial charge in [0.1, 0.15) is 5.75 Å². The summed E-state index contributed by atoms with van der Waals surface area (Å²) in [6.07, 6.45) is 7.05. The first-order chi connectivity index (χ1) is 14.5.